The summed E-state index contributed by atoms with van der Waals surface area (Å²) in [4.78, 5) is 27.5. The molecule has 1 N–H and O–H groups in total. The molecule has 1 aromatic heterocycles. The van der Waals surface area contributed by atoms with Crippen LogP contribution in [-0.2, 0) is 14.6 Å². The van der Waals surface area contributed by atoms with E-state index < -0.39 is 22.0 Å². The minimum atomic E-state index is -3.44. The molecular weight excluding hydrogens is 512 g/mol. The first-order valence-electron chi connectivity index (χ1n) is 10.8. The lowest BCUT2D eigenvalue weighted by molar-refractivity contribution is 0.0901. The van der Waals surface area contributed by atoms with Crippen LogP contribution in [0.2, 0.25) is 4.34 Å². The summed E-state index contributed by atoms with van der Waals surface area (Å²) in [6.07, 6.45) is 0.593. The third-order valence-corrected chi connectivity index (χ3v) is 8.34. The van der Waals surface area contributed by atoms with Gasteiger partial charge in [0, 0.05) is 18.2 Å². The zero-order valence-electron chi connectivity index (χ0n) is 18.6. The Morgan fingerprint density at radius 2 is 2.00 bits per heavy atom. The zero-order chi connectivity index (χ0) is 24.7. The van der Waals surface area contributed by atoms with Crippen molar-refractivity contribution in [3.63, 3.8) is 0 Å². The fourth-order valence-electron chi connectivity index (χ4n) is 4.37. The monoisotopic (exact) mass is 532 g/mol. The van der Waals surface area contributed by atoms with Crippen molar-refractivity contribution in [2.24, 2.45) is 0 Å². The van der Waals surface area contributed by atoms with Gasteiger partial charge in [-0.25, -0.2) is 13.2 Å². The van der Waals surface area contributed by atoms with E-state index in [1.54, 1.807) is 59.5 Å². The number of carbonyl (C=O) groups is 2. The molecule has 2 aliphatic heterocycles. The Labute approximate surface area is 211 Å². The van der Waals surface area contributed by atoms with Crippen molar-refractivity contribution in [3.8, 4) is 16.9 Å². The first-order valence-corrected chi connectivity index (χ1v) is 13.9. The van der Waals surface area contributed by atoms with Crippen LogP contribution >= 0.6 is 22.9 Å². The van der Waals surface area contributed by atoms with Crippen LogP contribution in [0.25, 0.3) is 11.1 Å². The van der Waals surface area contributed by atoms with Crippen LogP contribution < -0.4 is 15.0 Å². The maximum Gasteiger partial charge on any atom is 0.415 e. The largest absolute Gasteiger partial charge is 0.491 e. The number of sulfone groups is 1. The zero-order valence-corrected chi connectivity index (χ0v) is 21.0. The van der Waals surface area contributed by atoms with E-state index in [0.29, 0.717) is 44.8 Å². The number of cyclic esters (lactones) is 1. The molecule has 0 bridgehead atoms. The van der Waals surface area contributed by atoms with Gasteiger partial charge in [-0.1, -0.05) is 35.9 Å². The molecule has 5 rings (SSSR count). The van der Waals surface area contributed by atoms with Gasteiger partial charge in [-0.3, -0.25) is 9.69 Å². The van der Waals surface area contributed by atoms with Crippen molar-refractivity contribution in [1.82, 2.24) is 5.32 Å². The van der Waals surface area contributed by atoms with Gasteiger partial charge in [0.15, 0.2) is 9.84 Å². The molecule has 11 heteroatoms. The molecule has 182 valence electrons. The number of fused-ring (bicyclic) bond motifs is 3. The first kappa shape index (κ1) is 23.7. The van der Waals surface area contributed by atoms with Crippen LogP contribution in [-0.4, -0.2) is 52.0 Å². The molecule has 2 aromatic carbocycles. The highest BCUT2D eigenvalue weighted by atomic mass is 35.5. The molecule has 2 atom stereocenters. The number of amides is 2. The molecule has 1 fully saturated rings. The van der Waals surface area contributed by atoms with Crippen LogP contribution in [0.4, 0.5) is 10.5 Å². The normalized spacial score (nSPS) is 19.3. The predicted octanol–water partition coefficient (Wildman–Crippen LogP) is 4.38. The minimum absolute atomic E-state index is 0.149. The van der Waals surface area contributed by atoms with Gasteiger partial charge in [-0.05, 0) is 35.9 Å². The number of carbonyl (C=O) groups excluding carboxylic acids is 2. The highest BCUT2D eigenvalue weighted by molar-refractivity contribution is 7.90. The number of ether oxygens (including phenoxy) is 2. The van der Waals surface area contributed by atoms with E-state index in [4.69, 9.17) is 21.1 Å². The first-order chi connectivity index (χ1) is 16.7. The SMILES string of the molecule is CS(=O)(=O)c1ccccc1-c1ccc2c(c1)OCC[C@H]1[C@H](CNC(=O)c3ccc(Cl)s3)OC(=O)N21. The minimum Gasteiger partial charge on any atom is -0.491 e. The van der Waals surface area contributed by atoms with E-state index in [0.717, 1.165) is 0 Å². The lowest BCUT2D eigenvalue weighted by Gasteiger charge is -2.22. The van der Waals surface area contributed by atoms with Crippen LogP contribution in [0.5, 0.6) is 5.75 Å². The van der Waals surface area contributed by atoms with Gasteiger partial charge in [0.25, 0.3) is 5.91 Å². The molecule has 0 aliphatic carbocycles. The molecule has 2 amide bonds. The highest BCUT2D eigenvalue weighted by Gasteiger charge is 2.45. The Balaban J connectivity index is 1.40. The average Bonchev–Trinajstić information content (AvgIpc) is 3.33. The second kappa shape index (κ2) is 9.18. The van der Waals surface area contributed by atoms with Crippen LogP contribution in [0, 0.1) is 0 Å². The third-order valence-electron chi connectivity index (χ3n) is 5.96. The fourth-order valence-corrected chi connectivity index (χ4v) is 6.24. The second-order valence-corrected chi connectivity index (χ2v) is 12.0. The number of anilines is 1. The molecule has 35 heavy (non-hydrogen) atoms. The Bertz CT molecular complexity index is 1420. The molecular formula is C24H21ClN2O6S2. The third kappa shape index (κ3) is 4.61. The summed E-state index contributed by atoms with van der Waals surface area (Å²) < 4.78 is 36.6. The standard InChI is InChI=1S/C24H21ClN2O6S2/c1-35(30,31)21-5-3-2-4-15(21)14-6-7-16-18(12-14)32-11-10-17-19(33-24(29)27(16)17)13-26-23(28)20-8-9-22(25)34-20/h2-9,12,17,19H,10-11,13H2,1H3,(H,26,28)/t17-,19-/m0/s1. The van der Waals surface area contributed by atoms with E-state index >= 15 is 0 Å². The molecule has 8 nitrogen and oxygen atoms in total. The smallest absolute Gasteiger partial charge is 0.415 e. The van der Waals surface area contributed by atoms with E-state index in [2.05, 4.69) is 5.32 Å². The van der Waals surface area contributed by atoms with E-state index in [1.807, 2.05) is 0 Å². The molecule has 0 saturated carbocycles. The molecule has 3 aromatic rings. The Kier molecular flexibility index (Phi) is 6.20. The molecule has 1 saturated heterocycles. The van der Waals surface area contributed by atoms with Crippen molar-refractivity contribution >= 4 is 50.5 Å². The lowest BCUT2D eigenvalue weighted by Crippen LogP contribution is -2.42. The number of halogens is 1. The van der Waals surface area contributed by atoms with E-state index in [-0.39, 0.29) is 23.4 Å². The summed E-state index contributed by atoms with van der Waals surface area (Å²) in [6, 6.07) is 15.0. The number of rotatable bonds is 5. The Morgan fingerprint density at radius 1 is 1.20 bits per heavy atom. The number of nitrogens with one attached hydrogen (secondary N) is 1. The summed E-state index contributed by atoms with van der Waals surface area (Å²) in [7, 11) is -3.44. The lowest BCUT2D eigenvalue weighted by atomic mass is 10.0. The molecule has 3 heterocycles. The summed E-state index contributed by atoms with van der Waals surface area (Å²) in [6.45, 7) is 0.476. The topological polar surface area (TPSA) is 102 Å². The quantitative estimate of drug-likeness (QED) is 0.523. The summed E-state index contributed by atoms with van der Waals surface area (Å²) in [5.41, 5.74) is 1.76. The number of nitrogens with zero attached hydrogens (tertiary/aromatic N) is 1. The summed E-state index contributed by atoms with van der Waals surface area (Å²) in [5.74, 6) is 0.180. The Hall–Kier alpha value is -3.08. The van der Waals surface area contributed by atoms with Gasteiger partial charge in [-0.2, -0.15) is 0 Å². The maximum atomic E-state index is 12.8. The van der Waals surface area contributed by atoms with Crippen molar-refractivity contribution in [1.29, 1.82) is 0 Å². The highest BCUT2D eigenvalue weighted by Crippen LogP contribution is 2.41. The van der Waals surface area contributed by atoms with Crippen LogP contribution in [0.1, 0.15) is 16.1 Å². The van der Waals surface area contributed by atoms with Gasteiger partial charge < -0.3 is 14.8 Å². The number of thiophene rings is 1. The number of hydrogen-bond donors (Lipinski definition) is 1. The Morgan fingerprint density at radius 3 is 2.74 bits per heavy atom. The summed E-state index contributed by atoms with van der Waals surface area (Å²) in [5, 5.41) is 2.81. The summed E-state index contributed by atoms with van der Waals surface area (Å²) >= 11 is 7.08. The fraction of sp³-hybridized carbons (Fsp3) is 0.250. The van der Waals surface area contributed by atoms with Crippen LogP contribution in [0.15, 0.2) is 59.5 Å². The van der Waals surface area contributed by atoms with Crippen LogP contribution in [0.3, 0.4) is 0 Å². The predicted molar refractivity (Wildman–Crippen MR) is 133 cm³/mol. The van der Waals surface area contributed by atoms with Gasteiger partial charge in [0.2, 0.25) is 0 Å². The van der Waals surface area contributed by atoms with Crippen molar-refractivity contribution < 1.29 is 27.5 Å². The average molecular weight is 533 g/mol. The van der Waals surface area contributed by atoms with E-state index in [9.17, 15) is 18.0 Å². The van der Waals surface area contributed by atoms with E-state index in [1.165, 1.54) is 17.6 Å². The van der Waals surface area contributed by atoms with Crippen molar-refractivity contribution in [2.45, 2.75) is 23.5 Å². The van der Waals surface area contributed by atoms with Gasteiger partial charge in [0.1, 0.15) is 11.9 Å². The number of benzene rings is 2. The van der Waals surface area contributed by atoms with Crippen molar-refractivity contribution in [2.75, 3.05) is 24.3 Å². The maximum absolute atomic E-state index is 12.8. The molecule has 0 unspecified atom stereocenters. The van der Waals surface area contributed by atoms with Gasteiger partial charge >= 0.3 is 6.09 Å². The van der Waals surface area contributed by atoms with Crippen molar-refractivity contribution in [3.05, 3.63) is 63.8 Å². The molecule has 2 aliphatic rings. The second-order valence-electron chi connectivity index (χ2n) is 8.26. The number of hydrogen-bond acceptors (Lipinski definition) is 7. The van der Waals surface area contributed by atoms with Gasteiger partial charge in [0.05, 0.1) is 39.0 Å². The van der Waals surface area contributed by atoms with Gasteiger partial charge in [-0.15, -0.1) is 11.3 Å². The molecule has 0 radical (unpaired) electrons. The molecule has 0 spiro atoms.